The first kappa shape index (κ1) is 13.1. The van der Waals surface area contributed by atoms with Crippen molar-refractivity contribution in [3.63, 3.8) is 0 Å². The zero-order valence-corrected chi connectivity index (χ0v) is 12.7. The summed E-state index contributed by atoms with van der Waals surface area (Å²) in [5, 5.41) is 1.71. The molecule has 0 saturated heterocycles. The molecule has 0 saturated carbocycles. The van der Waals surface area contributed by atoms with E-state index in [1.165, 1.54) is 0 Å². The van der Waals surface area contributed by atoms with Crippen LogP contribution in [0.25, 0.3) is 10.8 Å². The minimum Gasteiger partial charge on any atom is -0.308 e. The molecule has 2 aromatic carbocycles. The SMILES string of the molecule is CC(c1ccccc1)n1ccc2ccc(Br)cc2c1=O. The third-order valence-corrected chi connectivity index (χ3v) is 4.09. The first-order valence-corrected chi connectivity index (χ1v) is 7.31. The van der Waals surface area contributed by atoms with Gasteiger partial charge in [0.2, 0.25) is 0 Å². The molecule has 0 aliphatic rings. The van der Waals surface area contributed by atoms with Gasteiger partial charge in [0.05, 0.1) is 6.04 Å². The molecule has 1 unspecified atom stereocenters. The highest BCUT2D eigenvalue weighted by Crippen LogP contribution is 2.20. The topological polar surface area (TPSA) is 22.0 Å². The number of hydrogen-bond donors (Lipinski definition) is 0. The third-order valence-electron chi connectivity index (χ3n) is 3.59. The maximum absolute atomic E-state index is 12.6. The first-order valence-electron chi connectivity index (χ1n) is 6.52. The summed E-state index contributed by atoms with van der Waals surface area (Å²) in [5.41, 5.74) is 1.17. The van der Waals surface area contributed by atoms with Crippen LogP contribution in [0.15, 0.2) is 70.1 Å². The Hall–Kier alpha value is -1.87. The van der Waals surface area contributed by atoms with E-state index in [1.54, 1.807) is 4.57 Å². The van der Waals surface area contributed by atoms with Crippen LogP contribution >= 0.6 is 15.9 Å². The third kappa shape index (κ3) is 2.29. The fraction of sp³-hybridized carbons (Fsp3) is 0.118. The van der Waals surface area contributed by atoms with Crippen molar-refractivity contribution in [3.05, 3.63) is 81.2 Å². The van der Waals surface area contributed by atoms with Crippen molar-refractivity contribution in [1.82, 2.24) is 4.57 Å². The quantitative estimate of drug-likeness (QED) is 0.684. The van der Waals surface area contributed by atoms with Crippen molar-refractivity contribution in [3.8, 4) is 0 Å². The Bertz CT molecular complexity index is 808. The summed E-state index contributed by atoms with van der Waals surface area (Å²) in [5.74, 6) is 0. The van der Waals surface area contributed by atoms with E-state index in [2.05, 4.69) is 15.9 Å². The highest BCUT2D eigenvalue weighted by molar-refractivity contribution is 9.10. The molecule has 20 heavy (non-hydrogen) atoms. The Balaban J connectivity index is 2.18. The largest absolute Gasteiger partial charge is 0.308 e. The highest BCUT2D eigenvalue weighted by atomic mass is 79.9. The molecule has 0 aliphatic carbocycles. The predicted octanol–water partition coefficient (Wildman–Crippen LogP) is 4.37. The number of fused-ring (bicyclic) bond motifs is 1. The molecule has 100 valence electrons. The summed E-state index contributed by atoms with van der Waals surface area (Å²) in [6, 6.07) is 17.9. The van der Waals surface area contributed by atoms with Crippen molar-refractivity contribution in [2.45, 2.75) is 13.0 Å². The Labute approximate surface area is 125 Å². The molecule has 0 amide bonds. The van der Waals surface area contributed by atoms with Gasteiger partial charge in [-0.3, -0.25) is 4.79 Å². The van der Waals surface area contributed by atoms with Gasteiger partial charge in [-0.1, -0.05) is 52.3 Å². The molecule has 1 aromatic heterocycles. The van der Waals surface area contributed by atoms with E-state index in [1.807, 2.05) is 67.7 Å². The Kier molecular flexibility index (Phi) is 3.45. The van der Waals surface area contributed by atoms with E-state index in [9.17, 15) is 4.79 Å². The summed E-state index contributed by atoms with van der Waals surface area (Å²) in [7, 11) is 0. The summed E-state index contributed by atoms with van der Waals surface area (Å²) in [4.78, 5) is 12.6. The summed E-state index contributed by atoms with van der Waals surface area (Å²) in [6.45, 7) is 2.04. The van der Waals surface area contributed by atoms with Crippen LogP contribution in [0.1, 0.15) is 18.5 Å². The lowest BCUT2D eigenvalue weighted by Crippen LogP contribution is -2.23. The number of halogens is 1. The van der Waals surface area contributed by atoms with E-state index >= 15 is 0 Å². The summed E-state index contributed by atoms with van der Waals surface area (Å²) >= 11 is 3.42. The van der Waals surface area contributed by atoms with Crippen molar-refractivity contribution in [2.75, 3.05) is 0 Å². The molecule has 0 fully saturated rings. The molecule has 2 nitrogen and oxygen atoms in total. The fourth-order valence-electron chi connectivity index (χ4n) is 2.42. The second-order valence-electron chi connectivity index (χ2n) is 4.85. The summed E-state index contributed by atoms with van der Waals surface area (Å²) < 4.78 is 2.71. The zero-order valence-electron chi connectivity index (χ0n) is 11.1. The lowest BCUT2D eigenvalue weighted by Gasteiger charge is -2.16. The lowest BCUT2D eigenvalue weighted by atomic mass is 10.1. The van der Waals surface area contributed by atoms with Gasteiger partial charge >= 0.3 is 0 Å². The number of pyridine rings is 1. The second kappa shape index (κ2) is 5.25. The van der Waals surface area contributed by atoms with Crippen molar-refractivity contribution >= 4 is 26.7 Å². The van der Waals surface area contributed by atoms with E-state index in [-0.39, 0.29) is 11.6 Å². The number of aromatic nitrogens is 1. The predicted molar refractivity (Wildman–Crippen MR) is 86.2 cm³/mol. The molecular weight excluding hydrogens is 314 g/mol. The second-order valence-corrected chi connectivity index (χ2v) is 5.76. The van der Waals surface area contributed by atoms with Crippen LogP contribution in [0.4, 0.5) is 0 Å². The first-order chi connectivity index (χ1) is 9.66. The van der Waals surface area contributed by atoms with Crippen LogP contribution in [-0.2, 0) is 0 Å². The Morgan fingerprint density at radius 3 is 2.55 bits per heavy atom. The molecule has 0 spiro atoms. The minimum atomic E-state index is 0.0204. The molecule has 3 aromatic rings. The van der Waals surface area contributed by atoms with Crippen LogP contribution in [0.5, 0.6) is 0 Å². The standard InChI is InChI=1S/C17H14BrNO/c1-12(13-5-3-2-4-6-13)19-10-9-14-7-8-15(18)11-16(14)17(19)20/h2-12H,1H3. The van der Waals surface area contributed by atoms with Crippen molar-refractivity contribution in [2.24, 2.45) is 0 Å². The smallest absolute Gasteiger partial charge is 0.259 e. The molecular formula is C17H14BrNO. The van der Waals surface area contributed by atoms with Crippen molar-refractivity contribution in [1.29, 1.82) is 0 Å². The molecule has 1 atom stereocenters. The van der Waals surface area contributed by atoms with Gasteiger partial charge in [0.25, 0.3) is 5.56 Å². The van der Waals surface area contributed by atoms with Crippen LogP contribution in [0, 0.1) is 0 Å². The van der Waals surface area contributed by atoms with E-state index in [4.69, 9.17) is 0 Å². The molecule has 3 rings (SSSR count). The molecule has 1 heterocycles. The zero-order chi connectivity index (χ0) is 14.1. The van der Waals surface area contributed by atoms with E-state index in [0.29, 0.717) is 0 Å². The fourth-order valence-corrected chi connectivity index (χ4v) is 2.78. The maximum atomic E-state index is 12.6. The van der Waals surface area contributed by atoms with Crippen LogP contribution in [-0.4, -0.2) is 4.57 Å². The van der Waals surface area contributed by atoms with Crippen LogP contribution in [0.2, 0.25) is 0 Å². The van der Waals surface area contributed by atoms with Gasteiger partial charge in [-0.2, -0.15) is 0 Å². The summed E-state index contributed by atoms with van der Waals surface area (Å²) in [6.07, 6.45) is 1.87. The minimum absolute atomic E-state index is 0.0204. The molecule has 3 heteroatoms. The van der Waals surface area contributed by atoms with Gasteiger partial charge in [0.15, 0.2) is 0 Å². The van der Waals surface area contributed by atoms with Gasteiger partial charge in [-0.15, -0.1) is 0 Å². The Morgan fingerprint density at radius 1 is 1.05 bits per heavy atom. The van der Waals surface area contributed by atoms with E-state index in [0.717, 1.165) is 20.8 Å². The average molecular weight is 328 g/mol. The van der Waals surface area contributed by atoms with Gasteiger partial charge < -0.3 is 4.57 Å². The van der Waals surface area contributed by atoms with Crippen molar-refractivity contribution < 1.29 is 0 Å². The monoisotopic (exact) mass is 327 g/mol. The number of benzene rings is 2. The molecule has 0 aliphatic heterocycles. The average Bonchev–Trinajstić information content (AvgIpc) is 2.48. The maximum Gasteiger partial charge on any atom is 0.259 e. The highest BCUT2D eigenvalue weighted by Gasteiger charge is 2.11. The molecule has 0 bridgehead atoms. The molecule has 0 N–H and O–H groups in total. The normalized spacial score (nSPS) is 12.5. The van der Waals surface area contributed by atoms with E-state index < -0.39 is 0 Å². The molecule has 0 radical (unpaired) electrons. The number of nitrogens with zero attached hydrogens (tertiary/aromatic N) is 1. The number of rotatable bonds is 2. The Morgan fingerprint density at radius 2 is 1.80 bits per heavy atom. The number of hydrogen-bond acceptors (Lipinski definition) is 1. The van der Waals surface area contributed by atoms with Gasteiger partial charge in [-0.25, -0.2) is 0 Å². The van der Waals surface area contributed by atoms with Gasteiger partial charge in [0, 0.05) is 16.1 Å². The van der Waals surface area contributed by atoms with Gasteiger partial charge in [-0.05, 0) is 36.1 Å². The van der Waals surface area contributed by atoms with Gasteiger partial charge in [0.1, 0.15) is 0 Å². The lowest BCUT2D eigenvalue weighted by molar-refractivity contribution is 0.619. The van der Waals surface area contributed by atoms with Crippen LogP contribution in [0.3, 0.4) is 0 Å². The van der Waals surface area contributed by atoms with Crippen LogP contribution < -0.4 is 5.56 Å².